The summed E-state index contributed by atoms with van der Waals surface area (Å²) in [6, 6.07) is 7.52. The highest BCUT2D eigenvalue weighted by Gasteiger charge is 2.30. The van der Waals surface area contributed by atoms with E-state index in [0.717, 1.165) is 29.7 Å². The largest absolute Gasteiger partial charge is 0.417 e. The molecule has 0 aliphatic rings. The Morgan fingerprint density at radius 2 is 1.95 bits per heavy atom. The first-order chi connectivity index (χ1) is 9.40. The van der Waals surface area contributed by atoms with Crippen molar-refractivity contribution in [1.29, 1.82) is 5.26 Å². The van der Waals surface area contributed by atoms with E-state index in [2.05, 4.69) is 9.97 Å². The Bertz CT molecular complexity index is 660. The zero-order valence-corrected chi connectivity index (χ0v) is 11.1. The van der Waals surface area contributed by atoms with E-state index in [0.29, 0.717) is 15.6 Å². The topological polar surface area (TPSA) is 49.6 Å². The zero-order valence-electron chi connectivity index (χ0n) is 10.3. The first-order valence-electron chi connectivity index (χ1n) is 5.49. The molecule has 102 valence electrons. The number of aryl methyl sites for hydroxylation is 1. The second-order valence-corrected chi connectivity index (χ2v) is 4.91. The molecule has 0 saturated heterocycles. The first-order valence-corrected chi connectivity index (χ1v) is 6.30. The Morgan fingerprint density at radius 3 is 2.50 bits per heavy atom. The maximum Gasteiger partial charge on any atom is 0.417 e. The van der Waals surface area contributed by atoms with Gasteiger partial charge in [-0.15, -0.1) is 0 Å². The lowest BCUT2D eigenvalue weighted by atomic mass is 10.3. The van der Waals surface area contributed by atoms with Crippen molar-refractivity contribution in [2.24, 2.45) is 0 Å². The second-order valence-electron chi connectivity index (χ2n) is 3.90. The molecular formula is C13H8F3N3S. The minimum Gasteiger partial charge on any atom is -0.249 e. The van der Waals surface area contributed by atoms with Crippen LogP contribution in [0, 0.1) is 18.3 Å². The summed E-state index contributed by atoms with van der Waals surface area (Å²) in [4.78, 5) is 7.93. The Kier molecular flexibility index (Phi) is 3.95. The van der Waals surface area contributed by atoms with Crippen LogP contribution >= 0.6 is 11.8 Å². The van der Waals surface area contributed by atoms with Gasteiger partial charge < -0.3 is 0 Å². The molecule has 2 aromatic rings. The molecule has 0 aliphatic carbocycles. The van der Waals surface area contributed by atoms with Crippen molar-refractivity contribution in [2.45, 2.75) is 23.2 Å². The van der Waals surface area contributed by atoms with Gasteiger partial charge in [-0.2, -0.15) is 18.4 Å². The summed E-state index contributed by atoms with van der Waals surface area (Å²) in [6.45, 7) is 1.77. The van der Waals surface area contributed by atoms with Crippen LogP contribution in [0.4, 0.5) is 13.2 Å². The monoisotopic (exact) mass is 295 g/mol. The van der Waals surface area contributed by atoms with Gasteiger partial charge in [-0.1, -0.05) is 0 Å². The molecule has 0 aliphatic heterocycles. The Morgan fingerprint density at radius 1 is 1.20 bits per heavy atom. The lowest BCUT2D eigenvalue weighted by Crippen LogP contribution is -2.05. The van der Waals surface area contributed by atoms with E-state index >= 15 is 0 Å². The third-order valence-electron chi connectivity index (χ3n) is 2.38. The smallest absolute Gasteiger partial charge is 0.249 e. The molecule has 0 aromatic carbocycles. The minimum absolute atomic E-state index is 0.354. The number of nitrogens with zero attached hydrogens (tertiary/aromatic N) is 3. The Balaban J connectivity index is 2.27. The quantitative estimate of drug-likeness (QED) is 0.845. The van der Waals surface area contributed by atoms with Crippen molar-refractivity contribution in [1.82, 2.24) is 9.97 Å². The maximum atomic E-state index is 12.4. The average molecular weight is 295 g/mol. The lowest BCUT2D eigenvalue weighted by Gasteiger charge is -2.07. The first kappa shape index (κ1) is 14.3. The fourth-order valence-electron chi connectivity index (χ4n) is 1.40. The van der Waals surface area contributed by atoms with E-state index in [1.54, 1.807) is 19.1 Å². The number of pyridine rings is 2. The van der Waals surface area contributed by atoms with Gasteiger partial charge in [0.25, 0.3) is 0 Å². The molecule has 2 aromatic heterocycles. The molecule has 0 unspecified atom stereocenters. The molecule has 2 rings (SSSR count). The maximum absolute atomic E-state index is 12.4. The van der Waals surface area contributed by atoms with Crippen LogP contribution in [0.2, 0.25) is 0 Å². The summed E-state index contributed by atoms with van der Waals surface area (Å²) >= 11 is 1.06. The lowest BCUT2D eigenvalue weighted by molar-refractivity contribution is -0.137. The van der Waals surface area contributed by atoms with Crippen LogP contribution in [-0.4, -0.2) is 9.97 Å². The molecule has 3 nitrogen and oxygen atoms in total. The van der Waals surface area contributed by atoms with Crippen LogP contribution in [0.25, 0.3) is 0 Å². The third kappa shape index (κ3) is 3.27. The summed E-state index contributed by atoms with van der Waals surface area (Å²) < 4.78 is 37.2. The number of hydrogen-bond acceptors (Lipinski definition) is 4. The second kappa shape index (κ2) is 5.51. The van der Waals surface area contributed by atoms with Gasteiger partial charge in [0.05, 0.1) is 11.1 Å². The van der Waals surface area contributed by atoms with Gasteiger partial charge >= 0.3 is 6.18 Å². The molecule has 7 heteroatoms. The van der Waals surface area contributed by atoms with Crippen LogP contribution in [-0.2, 0) is 6.18 Å². The van der Waals surface area contributed by atoms with Crippen molar-refractivity contribution < 1.29 is 13.2 Å². The molecule has 0 atom stereocenters. The molecule has 2 heterocycles. The molecule has 0 N–H and O–H groups in total. The number of hydrogen-bond donors (Lipinski definition) is 0. The molecule has 0 bridgehead atoms. The zero-order chi connectivity index (χ0) is 14.8. The predicted octanol–water partition coefficient (Wildman–Crippen LogP) is 3.83. The van der Waals surface area contributed by atoms with Gasteiger partial charge in [-0.05, 0) is 43.0 Å². The van der Waals surface area contributed by atoms with Crippen molar-refractivity contribution in [2.75, 3.05) is 0 Å². The number of rotatable bonds is 2. The molecule has 0 fully saturated rings. The predicted molar refractivity (Wildman–Crippen MR) is 67.1 cm³/mol. The minimum atomic E-state index is -4.41. The number of halogens is 3. The molecule has 0 amide bonds. The van der Waals surface area contributed by atoms with Crippen molar-refractivity contribution in [3.05, 3.63) is 47.3 Å². The van der Waals surface area contributed by atoms with Crippen molar-refractivity contribution in [3.63, 3.8) is 0 Å². The van der Waals surface area contributed by atoms with Crippen LogP contribution in [0.1, 0.15) is 16.8 Å². The van der Waals surface area contributed by atoms with Crippen LogP contribution < -0.4 is 0 Å². The van der Waals surface area contributed by atoms with Crippen molar-refractivity contribution >= 4 is 11.8 Å². The number of aromatic nitrogens is 2. The van der Waals surface area contributed by atoms with E-state index in [4.69, 9.17) is 5.26 Å². The normalized spacial score (nSPS) is 11.2. The summed E-state index contributed by atoms with van der Waals surface area (Å²) in [6.07, 6.45) is -3.64. The molecule has 20 heavy (non-hydrogen) atoms. The molecular weight excluding hydrogens is 287 g/mol. The SMILES string of the molecule is Cc1ccc(C#N)c(Sc2ccc(C(F)(F)F)cn2)n1. The fourth-order valence-corrected chi connectivity index (χ4v) is 2.26. The summed E-state index contributed by atoms with van der Waals surface area (Å²) in [5, 5.41) is 9.75. The number of nitriles is 1. The average Bonchev–Trinajstić information content (AvgIpc) is 2.38. The summed E-state index contributed by atoms with van der Waals surface area (Å²) in [5.41, 5.74) is 0.278. The highest BCUT2D eigenvalue weighted by molar-refractivity contribution is 7.99. The van der Waals surface area contributed by atoms with Crippen molar-refractivity contribution in [3.8, 4) is 6.07 Å². The Hall–Kier alpha value is -2.07. The van der Waals surface area contributed by atoms with Gasteiger partial charge in [-0.25, -0.2) is 9.97 Å². The van der Waals surface area contributed by atoms with Crippen LogP contribution in [0.15, 0.2) is 40.5 Å². The van der Waals surface area contributed by atoms with Gasteiger partial charge in [0.1, 0.15) is 16.1 Å². The van der Waals surface area contributed by atoms with Gasteiger partial charge in [0.15, 0.2) is 0 Å². The molecule has 0 saturated carbocycles. The molecule has 0 radical (unpaired) electrons. The highest BCUT2D eigenvalue weighted by Crippen LogP contribution is 2.31. The fraction of sp³-hybridized carbons (Fsp3) is 0.154. The molecule has 0 spiro atoms. The van der Waals surface area contributed by atoms with Crippen LogP contribution in [0.5, 0.6) is 0 Å². The van der Waals surface area contributed by atoms with Gasteiger partial charge in [0.2, 0.25) is 0 Å². The van der Waals surface area contributed by atoms with E-state index in [9.17, 15) is 13.2 Å². The summed E-state index contributed by atoms with van der Waals surface area (Å²) in [5.74, 6) is 0. The van der Waals surface area contributed by atoms with E-state index in [-0.39, 0.29) is 0 Å². The standard InChI is InChI=1S/C13H8F3N3S/c1-8-2-3-9(6-17)12(19-8)20-11-5-4-10(7-18-11)13(14,15)16/h2-5,7H,1H3. The highest BCUT2D eigenvalue weighted by atomic mass is 32.2. The van der Waals surface area contributed by atoms with Gasteiger partial charge in [-0.3, -0.25) is 0 Å². The van der Waals surface area contributed by atoms with Gasteiger partial charge in [0, 0.05) is 11.9 Å². The third-order valence-corrected chi connectivity index (χ3v) is 3.34. The van der Waals surface area contributed by atoms with E-state index in [1.807, 2.05) is 6.07 Å². The van der Waals surface area contributed by atoms with E-state index in [1.165, 1.54) is 6.07 Å². The Labute approximate surface area is 117 Å². The summed E-state index contributed by atoms with van der Waals surface area (Å²) in [7, 11) is 0. The van der Waals surface area contributed by atoms with Crippen LogP contribution in [0.3, 0.4) is 0 Å². The van der Waals surface area contributed by atoms with E-state index < -0.39 is 11.7 Å². The number of alkyl halides is 3.